The van der Waals surface area contributed by atoms with Crippen LogP contribution in [0.25, 0.3) is 0 Å². The zero-order valence-corrected chi connectivity index (χ0v) is 6.21. The van der Waals surface area contributed by atoms with Crippen molar-refractivity contribution in [3.8, 4) is 5.75 Å². The highest BCUT2D eigenvalue weighted by Gasteiger charge is 1.85. The van der Waals surface area contributed by atoms with Crippen molar-refractivity contribution in [2.24, 2.45) is 0 Å². The highest BCUT2D eigenvalue weighted by atomic mass is 127. The van der Waals surface area contributed by atoms with Crippen molar-refractivity contribution < 1.29 is 5.11 Å². The Balaban J connectivity index is 3.08. The van der Waals surface area contributed by atoms with Crippen LogP contribution in [0.2, 0.25) is 0 Å². The predicted molar refractivity (Wildman–Crippen MR) is 39.7 cm³/mol. The van der Waals surface area contributed by atoms with Gasteiger partial charge < -0.3 is 5.11 Å². The number of hydrogen-bond acceptors (Lipinski definition) is 1. The van der Waals surface area contributed by atoms with Crippen molar-refractivity contribution in [1.82, 2.24) is 0 Å². The Hall–Kier alpha value is -0.250. The summed E-state index contributed by atoms with van der Waals surface area (Å²) in [6.07, 6.45) is 0. The second-order valence-electron chi connectivity index (χ2n) is 1.39. The molecule has 8 heavy (non-hydrogen) atoms. The van der Waals surface area contributed by atoms with E-state index >= 15 is 0 Å². The van der Waals surface area contributed by atoms with Crippen LogP contribution in [0, 0.1) is 9.64 Å². The fourth-order valence-electron chi connectivity index (χ4n) is 0.426. The largest absolute Gasteiger partial charge is 0.508 e. The first kappa shape index (κ1) is 5.88. The maximum absolute atomic E-state index is 8.79. The Morgan fingerprint density at radius 1 is 1.62 bits per heavy atom. The molecule has 0 aliphatic rings. The van der Waals surface area contributed by atoms with Gasteiger partial charge >= 0.3 is 0 Å². The molecule has 0 aromatic heterocycles. The second-order valence-corrected chi connectivity index (χ2v) is 2.56. The molecule has 1 aromatic carbocycles. The lowest BCUT2D eigenvalue weighted by molar-refractivity contribution is 0.475. The standard InChI is InChI=1S/C6H4IO/c7-5-2-1-3-6(8)4-5/h1,3-4,8H. The highest BCUT2D eigenvalue weighted by Crippen LogP contribution is 2.11. The molecule has 0 heterocycles. The fourth-order valence-corrected chi connectivity index (χ4v) is 0.925. The van der Waals surface area contributed by atoms with Crippen molar-refractivity contribution >= 4 is 22.6 Å². The van der Waals surface area contributed by atoms with Crippen LogP contribution in [-0.2, 0) is 0 Å². The van der Waals surface area contributed by atoms with E-state index in [2.05, 4.69) is 28.7 Å². The lowest BCUT2D eigenvalue weighted by Gasteiger charge is -1.87. The third-order valence-corrected chi connectivity index (χ3v) is 1.37. The average molecular weight is 219 g/mol. The molecular formula is C6H4IO. The molecule has 0 atom stereocenters. The molecule has 1 radical (unpaired) electrons. The van der Waals surface area contributed by atoms with Gasteiger partial charge in [0.25, 0.3) is 0 Å². The Labute approximate surface area is 61.5 Å². The van der Waals surface area contributed by atoms with Crippen LogP contribution in [0.5, 0.6) is 5.75 Å². The first-order valence-electron chi connectivity index (χ1n) is 2.15. The molecule has 0 fully saturated rings. The minimum Gasteiger partial charge on any atom is -0.508 e. The van der Waals surface area contributed by atoms with Gasteiger partial charge in [-0.25, -0.2) is 0 Å². The molecule has 1 nitrogen and oxygen atoms in total. The summed E-state index contributed by atoms with van der Waals surface area (Å²) >= 11 is 2.09. The van der Waals surface area contributed by atoms with Crippen molar-refractivity contribution in [1.29, 1.82) is 0 Å². The van der Waals surface area contributed by atoms with Gasteiger partial charge in [0.1, 0.15) is 5.75 Å². The van der Waals surface area contributed by atoms with Gasteiger partial charge in [-0.2, -0.15) is 0 Å². The first-order valence-corrected chi connectivity index (χ1v) is 3.23. The molecule has 0 saturated carbocycles. The lowest BCUT2D eigenvalue weighted by Crippen LogP contribution is -1.66. The van der Waals surface area contributed by atoms with Gasteiger partial charge in [0, 0.05) is 3.57 Å². The van der Waals surface area contributed by atoms with Gasteiger partial charge in [-0.3, -0.25) is 0 Å². The zero-order valence-electron chi connectivity index (χ0n) is 4.06. The molecule has 0 aliphatic heterocycles. The Bertz CT molecular complexity index is 168. The van der Waals surface area contributed by atoms with Gasteiger partial charge in [-0.05, 0) is 46.9 Å². The fraction of sp³-hybridized carbons (Fsp3) is 0. The summed E-state index contributed by atoms with van der Waals surface area (Å²) in [4.78, 5) is 0. The summed E-state index contributed by atoms with van der Waals surface area (Å²) in [5.74, 6) is 0.299. The molecule has 0 amide bonds. The quantitative estimate of drug-likeness (QED) is 0.659. The number of rotatable bonds is 0. The van der Waals surface area contributed by atoms with E-state index in [1.807, 2.05) is 0 Å². The molecule has 0 spiro atoms. The molecule has 1 rings (SSSR count). The number of hydrogen-bond donors (Lipinski definition) is 1. The lowest BCUT2D eigenvalue weighted by atomic mass is 10.3. The third kappa shape index (κ3) is 1.36. The monoisotopic (exact) mass is 219 g/mol. The van der Waals surface area contributed by atoms with E-state index < -0.39 is 0 Å². The smallest absolute Gasteiger partial charge is 0.116 e. The molecule has 41 valence electrons. The minimum absolute atomic E-state index is 0.299. The van der Waals surface area contributed by atoms with E-state index in [-0.39, 0.29) is 0 Å². The molecule has 2 heteroatoms. The molecule has 1 N–H and O–H groups in total. The SMILES string of the molecule is Oc1cc[c]c(I)c1. The maximum Gasteiger partial charge on any atom is 0.116 e. The van der Waals surface area contributed by atoms with Gasteiger partial charge in [-0.15, -0.1) is 0 Å². The van der Waals surface area contributed by atoms with Crippen molar-refractivity contribution in [2.45, 2.75) is 0 Å². The van der Waals surface area contributed by atoms with Crippen LogP contribution >= 0.6 is 22.6 Å². The Morgan fingerprint density at radius 2 is 2.38 bits per heavy atom. The van der Waals surface area contributed by atoms with Crippen LogP contribution in [0.4, 0.5) is 0 Å². The summed E-state index contributed by atoms with van der Waals surface area (Å²) in [6, 6.07) is 7.84. The summed E-state index contributed by atoms with van der Waals surface area (Å²) in [5, 5.41) is 8.79. The summed E-state index contributed by atoms with van der Waals surface area (Å²) in [5.41, 5.74) is 0. The highest BCUT2D eigenvalue weighted by molar-refractivity contribution is 14.1. The molecule has 0 aliphatic carbocycles. The summed E-state index contributed by atoms with van der Waals surface area (Å²) < 4.78 is 0.933. The van der Waals surface area contributed by atoms with E-state index in [1.54, 1.807) is 18.2 Å². The number of phenolic OH excluding ortho intramolecular Hbond substituents is 1. The van der Waals surface area contributed by atoms with Gasteiger partial charge in [0.2, 0.25) is 0 Å². The Morgan fingerprint density at radius 3 is 2.75 bits per heavy atom. The van der Waals surface area contributed by atoms with E-state index in [4.69, 9.17) is 5.11 Å². The summed E-state index contributed by atoms with van der Waals surface area (Å²) in [6.45, 7) is 0. The zero-order chi connectivity index (χ0) is 5.98. The first-order chi connectivity index (χ1) is 3.79. The average Bonchev–Trinajstić information content (AvgIpc) is 1.64. The van der Waals surface area contributed by atoms with E-state index in [0.29, 0.717) is 5.75 Å². The minimum atomic E-state index is 0.299. The maximum atomic E-state index is 8.79. The van der Waals surface area contributed by atoms with Crippen LogP contribution < -0.4 is 0 Å². The normalized spacial score (nSPS) is 9.12. The molecule has 0 bridgehead atoms. The molecule has 0 unspecified atom stereocenters. The van der Waals surface area contributed by atoms with Crippen LogP contribution in [0.3, 0.4) is 0 Å². The van der Waals surface area contributed by atoms with Gasteiger partial charge in [-0.1, -0.05) is 0 Å². The van der Waals surface area contributed by atoms with Gasteiger partial charge in [0.15, 0.2) is 0 Å². The van der Waals surface area contributed by atoms with Crippen molar-refractivity contribution in [3.05, 3.63) is 27.8 Å². The van der Waals surface area contributed by atoms with Crippen LogP contribution in [-0.4, -0.2) is 5.11 Å². The third-order valence-electron chi connectivity index (χ3n) is 0.750. The van der Waals surface area contributed by atoms with Crippen molar-refractivity contribution in [3.63, 3.8) is 0 Å². The van der Waals surface area contributed by atoms with Gasteiger partial charge in [0.05, 0.1) is 0 Å². The van der Waals surface area contributed by atoms with E-state index in [0.717, 1.165) is 3.57 Å². The number of benzene rings is 1. The summed E-state index contributed by atoms with van der Waals surface area (Å²) in [7, 11) is 0. The number of phenols is 1. The predicted octanol–water partition coefficient (Wildman–Crippen LogP) is 1.80. The van der Waals surface area contributed by atoms with E-state index in [1.165, 1.54) is 0 Å². The van der Waals surface area contributed by atoms with Crippen LogP contribution in [0.1, 0.15) is 0 Å². The molecule has 1 aromatic rings. The molecule has 0 saturated heterocycles. The van der Waals surface area contributed by atoms with E-state index in [9.17, 15) is 0 Å². The topological polar surface area (TPSA) is 20.2 Å². The van der Waals surface area contributed by atoms with Crippen LogP contribution in [0.15, 0.2) is 18.2 Å². The van der Waals surface area contributed by atoms with Crippen molar-refractivity contribution in [2.75, 3.05) is 0 Å². The second kappa shape index (κ2) is 2.35. The Kier molecular flexibility index (Phi) is 1.73. The number of halogens is 1. The number of aromatic hydroxyl groups is 1. The molecular weight excluding hydrogens is 215 g/mol.